The molecule has 2 aromatic carbocycles. The summed E-state index contributed by atoms with van der Waals surface area (Å²) in [5.41, 5.74) is -1.69. The molecule has 1 atom stereocenters. The third-order valence-electron chi connectivity index (χ3n) is 9.40. The van der Waals surface area contributed by atoms with E-state index < -0.39 is 27.5 Å². The van der Waals surface area contributed by atoms with E-state index in [2.05, 4.69) is 33.2 Å². The van der Waals surface area contributed by atoms with Gasteiger partial charge in [-0.15, -0.1) is 0 Å². The van der Waals surface area contributed by atoms with E-state index in [-0.39, 0.29) is 45.5 Å². The number of hydrogen-bond donors (Lipinski definition) is 1. The summed E-state index contributed by atoms with van der Waals surface area (Å²) >= 11 is 0. The lowest BCUT2D eigenvalue weighted by Crippen LogP contribution is -2.59. The van der Waals surface area contributed by atoms with E-state index in [1.165, 1.54) is 49.7 Å². The van der Waals surface area contributed by atoms with Crippen molar-refractivity contribution in [3.8, 4) is 17.7 Å². The minimum atomic E-state index is -4.61. The molecule has 1 N–H and O–H groups in total. The molecule has 0 radical (unpaired) electrons. The summed E-state index contributed by atoms with van der Waals surface area (Å²) in [4.78, 5) is 39.9. The van der Waals surface area contributed by atoms with E-state index in [1.807, 2.05) is 0 Å². The molecular formula is C34H39N7O6S. The Balaban J connectivity index is 1.45. The smallest absolute Gasteiger partial charge is 0.318 e. The van der Waals surface area contributed by atoms with Gasteiger partial charge in [0.25, 0.3) is 15.9 Å². The summed E-state index contributed by atoms with van der Waals surface area (Å²) in [6, 6.07) is 15.3. The number of para-hydroxylation sites is 1. The van der Waals surface area contributed by atoms with Gasteiger partial charge in [0.15, 0.2) is 5.54 Å². The standard InChI is InChI=1S/C34H39N7O6S/c1-4-47-31-26(8-7-15-36-31)34(37-33(43)40-16-13-25(14-17-40)39-20-18-38(2)19-21-39)27-22-24(23-35)11-12-28(27)41(32(34)42)48(44,45)30-10-6-5-9-29(30)46-3/h5-12,15,22,25H,4,13-14,16-21H2,1-3H3,(H,37,43). The highest BCUT2D eigenvalue weighted by Gasteiger charge is 2.59. The maximum absolute atomic E-state index is 15.1. The summed E-state index contributed by atoms with van der Waals surface area (Å²) in [6.45, 7) is 6.79. The Kier molecular flexibility index (Phi) is 9.28. The van der Waals surface area contributed by atoms with E-state index in [1.54, 1.807) is 30.0 Å². The second-order valence-electron chi connectivity index (χ2n) is 12.1. The van der Waals surface area contributed by atoms with Crippen LogP contribution in [0.2, 0.25) is 0 Å². The van der Waals surface area contributed by atoms with Crippen molar-refractivity contribution in [3.05, 3.63) is 77.5 Å². The van der Waals surface area contributed by atoms with Gasteiger partial charge < -0.3 is 24.6 Å². The van der Waals surface area contributed by atoms with Crippen LogP contribution in [0, 0.1) is 11.3 Å². The SMILES string of the molecule is CCOc1ncccc1C1(NC(=O)N2CCC(N3CCN(C)CC3)CC2)C(=O)N(S(=O)(=O)c2ccccc2OC)c2ccc(C#N)cc21. The van der Waals surface area contributed by atoms with Crippen LogP contribution >= 0.6 is 0 Å². The fraction of sp³-hybridized carbons (Fsp3) is 0.412. The Labute approximate surface area is 280 Å². The maximum Gasteiger partial charge on any atom is 0.318 e. The Morgan fingerprint density at radius 1 is 1.04 bits per heavy atom. The van der Waals surface area contributed by atoms with Crippen LogP contribution in [-0.4, -0.2) is 106 Å². The zero-order chi connectivity index (χ0) is 34.1. The van der Waals surface area contributed by atoms with Crippen LogP contribution in [0.3, 0.4) is 0 Å². The molecule has 0 aliphatic carbocycles. The zero-order valence-electron chi connectivity index (χ0n) is 27.3. The second kappa shape index (κ2) is 13.4. The van der Waals surface area contributed by atoms with E-state index >= 15 is 4.79 Å². The number of methoxy groups -OCH3 is 1. The number of nitrogens with one attached hydrogen (secondary N) is 1. The van der Waals surface area contributed by atoms with Crippen molar-refractivity contribution >= 4 is 27.6 Å². The number of carbonyl (C=O) groups is 2. The van der Waals surface area contributed by atoms with Crippen LogP contribution in [0.5, 0.6) is 11.6 Å². The number of benzene rings is 2. The number of pyridine rings is 1. The molecule has 1 unspecified atom stereocenters. The largest absolute Gasteiger partial charge is 0.495 e. The van der Waals surface area contributed by atoms with Crippen LogP contribution in [0.25, 0.3) is 0 Å². The molecule has 13 nitrogen and oxygen atoms in total. The monoisotopic (exact) mass is 673 g/mol. The van der Waals surface area contributed by atoms with Gasteiger partial charge in [-0.25, -0.2) is 18.2 Å². The predicted molar refractivity (Wildman–Crippen MR) is 177 cm³/mol. The van der Waals surface area contributed by atoms with Crippen molar-refractivity contribution in [1.82, 2.24) is 25.0 Å². The van der Waals surface area contributed by atoms with Crippen molar-refractivity contribution in [1.29, 1.82) is 5.26 Å². The van der Waals surface area contributed by atoms with Gasteiger partial charge in [-0.1, -0.05) is 12.1 Å². The van der Waals surface area contributed by atoms with Gasteiger partial charge in [-0.2, -0.15) is 9.57 Å². The Bertz CT molecular complexity index is 1850. The van der Waals surface area contributed by atoms with E-state index in [9.17, 15) is 18.5 Å². The van der Waals surface area contributed by atoms with Crippen LogP contribution in [-0.2, 0) is 20.4 Å². The zero-order valence-corrected chi connectivity index (χ0v) is 28.1. The second-order valence-corrected chi connectivity index (χ2v) is 13.9. The van der Waals surface area contributed by atoms with Crippen molar-refractivity contribution in [2.24, 2.45) is 0 Å². The van der Waals surface area contributed by atoms with Gasteiger partial charge in [0, 0.05) is 57.1 Å². The fourth-order valence-electron chi connectivity index (χ4n) is 6.87. The highest BCUT2D eigenvalue weighted by molar-refractivity contribution is 7.93. The average Bonchev–Trinajstić information content (AvgIpc) is 3.36. The predicted octanol–water partition coefficient (Wildman–Crippen LogP) is 2.76. The molecule has 2 saturated heterocycles. The summed E-state index contributed by atoms with van der Waals surface area (Å²) in [7, 11) is -1.15. The van der Waals surface area contributed by atoms with Crippen molar-refractivity contribution in [3.63, 3.8) is 0 Å². The van der Waals surface area contributed by atoms with Gasteiger partial charge in [0.05, 0.1) is 36.6 Å². The highest BCUT2D eigenvalue weighted by atomic mass is 32.2. The number of likely N-dealkylation sites (tertiary alicyclic amines) is 1. The summed E-state index contributed by atoms with van der Waals surface area (Å²) in [5.74, 6) is -0.873. The number of nitriles is 1. The van der Waals surface area contributed by atoms with Crippen LogP contribution in [0.4, 0.5) is 10.5 Å². The molecule has 48 heavy (non-hydrogen) atoms. The topological polar surface area (TPSA) is 148 Å². The Hall–Kier alpha value is -4.71. The van der Waals surface area contributed by atoms with Gasteiger partial charge in [-0.05, 0) is 69.3 Å². The first-order chi connectivity index (χ1) is 23.1. The summed E-state index contributed by atoms with van der Waals surface area (Å²) < 4.78 is 40.8. The maximum atomic E-state index is 15.1. The molecule has 6 rings (SSSR count). The minimum absolute atomic E-state index is 0.00900. The molecule has 3 amide bonds. The van der Waals surface area contributed by atoms with E-state index in [0.29, 0.717) is 23.4 Å². The van der Waals surface area contributed by atoms with Crippen molar-refractivity contribution in [2.75, 3.05) is 64.3 Å². The van der Waals surface area contributed by atoms with Gasteiger partial charge in [0.2, 0.25) is 5.88 Å². The number of sulfonamides is 1. The van der Waals surface area contributed by atoms with Gasteiger partial charge in [-0.3, -0.25) is 9.69 Å². The van der Waals surface area contributed by atoms with Crippen molar-refractivity contribution < 1.29 is 27.5 Å². The number of piperidine rings is 1. The number of likely N-dealkylation sites (N-methyl/N-ethyl adjacent to an activating group) is 1. The van der Waals surface area contributed by atoms with Crippen molar-refractivity contribution in [2.45, 2.75) is 36.2 Å². The number of amides is 3. The Morgan fingerprint density at radius 3 is 2.46 bits per heavy atom. The number of nitrogens with zero attached hydrogens (tertiary/aromatic N) is 6. The number of rotatable bonds is 8. The van der Waals surface area contributed by atoms with Crippen LogP contribution < -0.4 is 19.1 Å². The normalized spacial score (nSPS) is 20.7. The number of ether oxygens (including phenoxy) is 2. The molecular weight excluding hydrogens is 634 g/mol. The molecule has 252 valence electrons. The molecule has 3 aliphatic heterocycles. The van der Waals surface area contributed by atoms with Crippen LogP contribution in [0.1, 0.15) is 36.5 Å². The summed E-state index contributed by atoms with van der Waals surface area (Å²) in [6.07, 6.45) is 3.01. The van der Waals surface area contributed by atoms with Gasteiger partial charge >= 0.3 is 6.03 Å². The molecule has 0 bridgehead atoms. The first kappa shape index (κ1) is 33.2. The molecule has 3 aromatic rings. The van der Waals surface area contributed by atoms with Gasteiger partial charge in [0.1, 0.15) is 10.6 Å². The fourth-order valence-corrected chi connectivity index (χ4v) is 8.49. The average molecular weight is 674 g/mol. The number of piperazine rings is 1. The lowest BCUT2D eigenvalue weighted by atomic mass is 9.83. The third kappa shape index (κ3) is 5.72. The molecule has 0 saturated carbocycles. The molecule has 0 spiro atoms. The first-order valence-electron chi connectivity index (χ1n) is 16.0. The quantitative estimate of drug-likeness (QED) is 0.379. The third-order valence-corrected chi connectivity index (χ3v) is 11.1. The molecule has 2 fully saturated rings. The lowest BCUT2D eigenvalue weighted by Gasteiger charge is -2.42. The van der Waals surface area contributed by atoms with E-state index in [0.717, 1.165) is 39.0 Å². The lowest BCUT2D eigenvalue weighted by molar-refractivity contribution is -0.121. The Morgan fingerprint density at radius 2 is 1.77 bits per heavy atom. The summed E-state index contributed by atoms with van der Waals surface area (Å²) in [5, 5.41) is 12.9. The highest BCUT2D eigenvalue weighted by Crippen LogP contribution is 2.49. The number of hydrogen-bond acceptors (Lipinski definition) is 10. The number of anilines is 1. The molecule has 4 heterocycles. The number of aromatic nitrogens is 1. The molecule has 3 aliphatic rings. The molecule has 1 aromatic heterocycles. The number of urea groups is 1. The molecule has 14 heteroatoms. The minimum Gasteiger partial charge on any atom is -0.495 e. The van der Waals surface area contributed by atoms with E-state index in [4.69, 9.17) is 9.47 Å². The number of fused-ring (bicyclic) bond motifs is 1. The van der Waals surface area contributed by atoms with Crippen LogP contribution in [0.15, 0.2) is 65.7 Å². The first-order valence-corrected chi connectivity index (χ1v) is 17.4. The number of carbonyl (C=O) groups excluding carboxylic acids is 2.